The molecule has 30 heavy (non-hydrogen) atoms. The Morgan fingerprint density at radius 2 is 2.10 bits per heavy atom. The van der Waals surface area contributed by atoms with Crippen molar-refractivity contribution in [3.05, 3.63) is 57.9 Å². The number of amides is 1. The Kier molecular flexibility index (Phi) is 6.55. The number of imidazole rings is 1. The van der Waals surface area contributed by atoms with Crippen LogP contribution in [0, 0.1) is 6.92 Å². The molecule has 3 rings (SSSR count). The van der Waals surface area contributed by atoms with Gasteiger partial charge in [0.2, 0.25) is 17.1 Å². The lowest BCUT2D eigenvalue weighted by molar-refractivity contribution is -0.123. The van der Waals surface area contributed by atoms with E-state index in [9.17, 15) is 14.7 Å². The maximum atomic E-state index is 12.9. The second kappa shape index (κ2) is 8.95. The summed E-state index contributed by atoms with van der Waals surface area (Å²) < 4.78 is 5.60. The lowest BCUT2D eigenvalue weighted by Crippen LogP contribution is -2.35. The minimum atomic E-state index is -0.864. The zero-order chi connectivity index (χ0) is 21.9. The molecule has 0 aliphatic carbocycles. The van der Waals surface area contributed by atoms with Crippen LogP contribution in [-0.2, 0) is 10.2 Å². The highest BCUT2D eigenvalue weighted by molar-refractivity contribution is 7.98. The van der Waals surface area contributed by atoms with Gasteiger partial charge in [-0.15, -0.1) is 0 Å². The molecule has 0 unspecified atom stereocenters. The first kappa shape index (κ1) is 22.0. The van der Waals surface area contributed by atoms with Gasteiger partial charge in [0, 0.05) is 17.9 Å². The van der Waals surface area contributed by atoms with Crippen molar-refractivity contribution in [1.29, 1.82) is 0 Å². The summed E-state index contributed by atoms with van der Waals surface area (Å²) in [5.41, 5.74) is 0.393. The van der Waals surface area contributed by atoms with Gasteiger partial charge in [0.1, 0.15) is 11.6 Å². The molecule has 0 aliphatic rings. The first-order chi connectivity index (χ1) is 14.2. The van der Waals surface area contributed by atoms with Gasteiger partial charge in [0.15, 0.2) is 5.76 Å². The van der Waals surface area contributed by atoms with Gasteiger partial charge in [-0.3, -0.25) is 9.59 Å². The molecular weight excluding hydrogens is 402 g/mol. The molecule has 0 spiro atoms. The number of aromatic amines is 1. The summed E-state index contributed by atoms with van der Waals surface area (Å²) >= 11 is 1.70. The fourth-order valence-corrected chi connectivity index (χ4v) is 3.91. The molecule has 0 saturated heterocycles. The van der Waals surface area contributed by atoms with Crippen LogP contribution in [0.15, 0.2) is 39.5 Å². The number of hydrogen-bond donors (Lipinski definition) is 3. The van der Waals surface area contributed by atoms with E-state index in [0.29, 0.717) is 11.6 Å². The van der Waals surface area contributed by atoms with Crippen molar-refractivity contribution in [2.75, 3.05) is 12.0 Å². The Bertz CT molecular complexity index is 1070. The zero-order valence-corrected chi connectivity index (χ0v) is 18.4. The first-order valence-corrected chi connectivity index (χ1v) is 11.2. The van der Waals surface area contributed by atoms with Crippen molar-refractivity contribution in [2.45, 2.75) is 45.1 Å². The maximum absolute atomic E-state index is 12.9. The Balaban J connectivity index is 1.81. The average Bonchev–Trinajstić information content (AvgIpc) is 3.11. The Hall–Kier alpha value is -2.74. The van der Waals surface area contributed by atoms with Crippen molar-refractivity contribution < 1.29 is 14.3 Å². The highest BCUT2D eigenvalue weighted by atomic mass is 32.2. The largest absolute Gasteiger partial charge is 0.502 e. The van der Waals surface area contributed by atoms with Gasteiger partial charge in [-0.25, -0.2) is 4.98 Å². The van der Waals surface area contributed by atoms with E-state index in [1.54, 1.807) is 32.5 Å². The van der Waals surface area contributed by atoms with E-state index in [-0.39, 0.29) is 24.1 Å². The standard InChI is InChI=1S/C22H27N3O4S/c1-13-11-17(26)19(28)20(29-13)22(2,3)12-18(27)23-16(9-10-30-4)21-24-14-7-5-6-8-15(14)25-21/h5-8,11,16,28H,9-10,12H2,1-4H3,(H,23,27)(H,24,25)/t16-/m0/s1. The summed E-state index contributed by atoms with van der Waals surface area (Å²) in [6.07, 6.45) is 2.78. The predicted molar refractivity (Wildman–Crippen MR) is 119 cm³/mol. The summed E-state index contributed by atoms with van der Waals surface area (Å²) in [4.78, 5) is 32.8. The van der Waals surface area contributed by atoms with Crippen LogP contribution >= 0.6 is 11.8 Å². The second-order valence-electron chi connectivity index (χ2n) is 8.00. The average molecular weight is 430 g/mol. The molecule has 0 radical (unpaired) electrons. The summed E-state index contributed by atoms with van der Waals surface area (Å²) in [5.74, 6) is 1.42. The number of thioether (sulfide) groups is 1. The number of carbonyl (C=O) groups excluding carboxylic acids is 1. The van der Waals surface area contributed by atoms with Gasteiger partial charge in [0.05, 0.1) is 17.1 Å². The number of aromatic nitrogens is 2. The van der Waals surface area contributed by atoms with Crippen molar-refractivity contribution in [1.82, 2.24) is 15.3 Å². The fourth-order valence-electron chi connectivity index (χ4n) is 3.44. The molecule has 1 atom stereocenters. The maximum Gasteiger partial charge on any atom is 0.227 e. The van der Waals surface area contributed by atoms with E-state index >= 15 is 0 Å². The fraction of sp³-hybridized carbons (Fsp3) is 0.409. The number of nitrogens with zero attached hydrogens (tertiary/aromatic N) is 1. The number of para-hydroxylation sites is 2. The van der Waals surface area contributed by atoms with E-state index in [0.717, 1.165) is 23.2 Å². The minimum absolute atomic E-state index is 0.0446. The van der Waals surface area contributed by atoms with E-state index < -0.39 is 16.6 Å². The molecule has 1 aromatic carbocycles. The lowest BCUT2D eigenvalue weighted by atomic mass is 9.85. The Morgan fingerprint density at radius 1 is 1.37 bits per heavy atom. The van der Waals surface area contributed by atoms with Crippen molar-refractivity contribution in [2.24, 2.45) is 0 Å². The summed E-state index contributed by atoms with van der Waals surface area (Å²) in [6.45, 7) is 5.17. The van der Waals surface area contributed by atoms with Gasteiger partial charge >= 0.3 is 0 Å². The smallest absolute Gasteiger partial charge is 0.227 e. The highest BCUT2D eigenvalue weighted by Crippen LogP contribution is 2.33. The number of rotatable bonds is 8. The van der Waals surface area contributed by atoms with Gasteiger partial charge in [-0.2, -0.15) is 11.8 Å². The number of hydrogen-bond acceptors (Lipinski definition) is 6. The highest BCUT2D eigenvalue weighted by Gasteiger charge is 2.32. The molecule has 0 fully saturated rings. The van der Waals surface area contributed by atoms with Crippen LogP contribution in [-0.4, -0.2) is 33.0 Å². The molecule has 0 bridgehead atoms. The van der Waals surface area contributed by atoms with Crippen molar-refractivity contribution in [3.8, 4) is 5.75 Å². The number of benzene rings is 1. The SMILES string of the molecule is CSCC[C@H](NC(=O)CC(C)(C)c1oc(C)cc(=O)c1O)c1nc2ccccc2[nH]1. The number of nitrogens with one attached hydrogen (secondary N) is 2. The minimum Gasteiger partial charge on any atom is -0.502 e. The number of aromatic hydroxyl groups is 1. The van der Waals surface area contributed by atoms with Gasteiger partial charge in [0.25, 0.3) is 0 Å². The Morgan fingerprint density at radius 3 is 2.80 bits per heavy atom. The van der Waals surface area contributed by atoms with Crippen molar-refractivity contribution >= 4 is 28.7 Å². The van der Waals surface area contributed by atoms with Gasteiger partial charge in [-0.1, -0.05) is 26.0 Å². The number of H-pyrrole nitrogens is 1. The topological polar surface area (TPSA) is 108 Å². The van der Waals surface area contributed by atoms with Crippen LogP contribution < -0.4 is 10.7 Å². The molecule has 2 aromatic heterocycles. The van der Waals surface area contributed by atoms with Crippen molar-refractivity contribution in [3.63, 3.8) is 0 Å². The van der Waals surface area contributed by atoms with Crippen LogP contribution in [0.2, 0.25) is 0 Å². The third kappa shape index (κ3) is 4.87. The number of carbonyl (C=O) groups is 1. The molecule has 7 nitrogen and oxygen atoms in total. The number of aryl methyl sites for hydroxylation is 1. The third-order valence-corrected chi connectivity index (χ3v) is 5.59. The third-order valence-electron chi connectivity index (χ3n) is 4.95. The van der Waals surface area contributed by atoms with Crippen LogP contribution in [0.1, 0.15) is 50.1 Å². The summed E-state index contributed by atoms with van der Waals surface area (Å²) in [7, 11) is 0. The van der Waals surface area contributed by atoms with Gasteiger partial charge in [-0.05, 0) is 37.5 Å². The lowest BCUT2D eigenvalue weighted by Gasteiger charge is -2.25. The molecule has 0 saturated carbocycles. The van der Waals surface area contributed by atoms with E-state index in [1.807, 2.05) is 30.5 Å². The summed E-state index contributed by atoms with van der Waals surface area (Å²) in [6, 6.07) is 8.69. The molecule has 1 amide bonds. The molecule has 3 N–H and O–H groups in total. The van der Waals surface area contributed by atoms with Crippen LogP contribution in [0.5, 0.6) is 5.75 Å². The monoisotopic (exact) mass is 429 g/mol. The van der Waals surface area contributed by atoms with Crippen LogP contribution in [0.4, 0.5) is 0 Å². The number of fused-ring (bicyclic) bond motifs is 1. The molecule has 3 aromatic rings. The molecule has 8 heteroatoms. The molecular formula is C22H27N3O4S. The van der Waals surface area contributed by atoms with E-state index in [2.05, 4.69) is 15.3 Å². The molecule has 160 valence electrons. The predicted octanol–water partition coefficient (Wildman–Crippen LogP) is 3.81. The second-order valence-corrected chi connectivity index (χ2v) is 8.99. The van der Waals surface area contributed by atoms with Crippen LogP contribution in [0.25, 0.3) is 11.0 Å². The van der Waals surface area contributed by atoms with E-state index in [4.69, 9.17) is 4.42 Å². The van der Waals surface area contributed by atoms with E-state index in [1.165, 1.54) is 6.07 Å². The molecule has 0 aliphatic heterocycles. The Labute approximate surface area is 179 Å². The summed E-state index contributed by atoms with van der Waals surface area (Å²) in [5, 5.41) is 13.2. The normalized spacial score (nSPS) is 12.8. The first-order valence-electron chi connectivity index (χ1n) is 9.78. The van der Waals surface area contributed by atoms with Gasteiger partial charge < -0.3 is 19.8 Å². The van der Waals surface area contributed by atoms with Crippen LogP contribution in [0.3, 0.4) is 0 Å². The molecule has 2 heterocycles. The zero-order valence-electron chi connectivity index (χ0n) is 17.6. The quantitative estimate of drug-likeness (QED) is 0.502.